The molecule has 0 saturated carbocycles. The molecule has 0 aliphatic heterocycles. The first-order chi connectivity index (χ1) is 9.70. The van der Waals surface area contributed by atoms with Crippen LogP contribution in [0.2, 0.25) is 0 Å². The van der Waals surface area contributed by atoms with E-state index in [0.29, 0.717) is 0 Å². The Labute approximate surface area is 132 Å². The molecule has 1 N–H and O–H groups in total. The number of pyridine rings is 1. The van der Waals surface area contributed by atoms with E-state index in [1.165, 1.54) is 0 Å². The van der Waals surface area contributed by atoms with E-state index in [1.54, 1.807) is 0 Å². The van der Waals surface area contributed by atoms with Gasteiger partial charge >= 0.3 is 0 Å². The van der Waals surface area contributed by atoms with Gasteiger partial charge in [0, 0.05) is 17.6 Å². The summed E-state index contributed by atoms with van der Waals surface area (Å²) in [6, 6.07) is 4.12. The van der Waals surface area contributed by atoms with Crippen LogP contribution in [0, 0.1) is 6.92 Å². The Morgan fingerprint density at radius 1 is 1.33 bits per heavy atom. The second kappa shape index (κ2) is 8.13. The second-order valence-electron chi connectivity index (χ2n) is 6.76. The van der Waals surface area contributed by atoms with Gasteiger partial charge in [-0.2, -0.15) is 0 Å². The zero-order chi connectivity index (χ0) is 16.0. The molecule has 0 saturated heterocycles. The summed E-state index contributed by atoms with van der Waals surface area (Å²) in [7, 11) is 4.14. The summed E-state index contributed by atoms with van der Waals surface area (Å²) < 4.78 is 15.4. The topological polar surface area (TPSA) is 51.2 Å². The van der Waals surface area contributed by atoms with Gasteiger partial charge in [0.15, 0.2) is 0 Å². The van der Waals surface area contributed by atoms with Gasteiger partial charge in [0.05, 0.1) is 11.7 Å². The van der Waals surface area contributed by atoms with Crippen LogP contribution < -0.4 is 4.72 Å². The number of aryl methyl sites for hydroxylation is 1. The van der Waals surface area contributed by atoms with Crippen LogP contribution in [0.5, 0.6) is 0 Å². The molecule has 0 aromatic carbocycles. The van der Waals surface area contributed by atoms with Crippen molar-refractivity contribution >= 4 is 11.4 Å². The minimum absolute atomic E-state index is 0.0330. The van der Waals surface area contributed by atoms with Crippen molar-refractivity contribution in [3.8, 4) is 0 Å². The van der Waals surface area contributed by atoms with Gasteiger partial charge in [0.1, 0.15) is 4.75 Å². The number of nitrogens with one attached hydrogen (secondary N) is 1. The van der Waals surface area contributed by atoms with Gasteiger partial charge in [-0.15, -0.1) is 4.72 Å². The monoisotopic (exact) mass is 311 g/mol. The quantitative estimate of drug-likeness (QED) is 0.787. The molecule has 1 heterocycles. The molecule has 1 aromatic rings. The SMILES string of the molecule is Cc1ccc(C(CCCN(C)C)N[S@@+]([O-])C(C)(C)C)nc1. The maximum Gasteiger partial charge on any atom is 0.136 e. The minimum atomic E-state index is -1.09. The maximum atomic E-state index is 12.4. The predicted molar refractivity (Wildman–Crippen MR) is 90.5 cm³/mol. The molecule has 1 aromatic heterocycles. The Balaban J connectivity index is 2.76. The summed E-state index contributed by atoms with van der Waals surface area (Å²) in [6.45, 7) is 8.99. The molecule has 0 bridgehead atoms. The average Bonchev–Trinajstić information content (AvgIpc) is 2.37. The molecule has 120 valence electrons. The number of aromatic nitrogens is 1. The number of hydrogen-bond acceptors (Lipinski definition) is 4. The Morgan fingerprint density at radius 2 is 2.00 bits per heavy atom. The van der Waals surface area contributed by atoms with Crippen molar-refractivity contribution in [3.05, 3.63) is 29.6 Å². The van der Waals surface area contributed by atoms with E-state index >= 15 is 0 Å². The fourth-order valence-corrected chi connectivity index (χ4v) is 2.72. The predicted octanol–water partition coefficient (Wildman–Crippen LogP) is 2.82. The van der Waals surface area contributed by atoms with E-state index in [1.807, 2.05) is 40.0 Å². The highest BCUT2D eigenvalue weighted by Gasteiger charge is 2.30. The van der Waals surface area contributed by atoms with Crippen molar-refractivity contribution in [2.24, 2.45) is 0 Å². The average molecular weight is 311 g/mol. The Morgan fingerprint density at radius 3 is 2.48 bits per heavy atom. The number of hydrogen-bond donors (Lipinski definition) is 1. The fraction of sp³-hybridized carbons (Fsp3) is 0.688. The first kappa shape index (κ1) is 18.4. The largest absolute Gasteiger partial charge is 0.598 e. The van der Waals surface area contributed by atoms with Crippen molar-refractivity contribution in [2.45, 2.75) is 51.3 Å². The highest BCUT2D eigenvalue weighted by Crippen LogP contribution is 2.22. The second-order valence-corrected chi connectivity index (χ2v) is 8.76. The molecule has 1 unspecified atom stereocenters. The molecule has 0 spiro atoms. The summed E-state index contributed by atoms with van der Waals surface area (Å²) in [4.78, 5) is 6.67. The van der Waals surface area contributed by atoms with Crippen molar-refractivity contribution in [1.29, 1.82) is 0 Å². The summed E-state index contributed by atoms with van der Waals surface area (Å²) in [5.74, 6) is 0. The molecule has 4 nitrogen and oxygen atoms in total. The fourth-order valence-electron chi connectivity index (χ4n) is 1.87. The van der Waals surface area contributed by atoms with Crippen molar-refractivity contribution in [3.63, 3.8) is 0 Å². The van der Waals surface area contributed by atoms with Gasteiger partial charge in [-0.25, -0.2) is 0 Å². The molecule has 0 amide bonds. The minimum Gasteiger partial charge on any atom is -0.598 e. The van der Waals surface area contributed by atoms with Crippen LogP contribution >= 0.6 is 0 Å². The van der Waals surface area contributed by atoms with Crippen LogP contribution in [0.3, 0.4) is 0 Å². The highest BCUT2D eigenvalue weighted by atomic mass is 32.2. The molecular formula is C16H29N3OS. The van der Waals surface area contributed by atoms with Crippen molar-refractivity contribution in [2.75, 3.05) is 20.6 Å². The molecule has 2 atom stereocenters. The van der Waals surface area contributed by atoms with Gasteiger partial charge < -0.3 is 9.45 Å². The van der Waals surface area contributed by atoms with Crippen LogP contribution in [0.15, 0.2) is 18.3 Å². The number of rotatable bonds is 7. The third-order valence-electron chi connectivity index (χ3n) is 3.19. The van der Waals surface area contributed by atoms with Crippen molar-refractivity contribution < 1.29 is 4.55 Å². The van der Waals surface area contributed by atoms with E-state index in [0.717, 1.165) is 30.6 Å². The van der Waals surface area contributed by atoms with Gasteiger partial charge in [0.25, 0.3) is 0 Å². The van der Waals surface area contributed by atoms with E-state index in [-0.39, 0.29) is 10.8 Å². The Hall–Kier alpha value is -0.620. The van der Waals surface area contributed by atoms with E-state index < -0.39 is 11.4 Å². The molecule has 0 radical (unpaired) electrons. The zero-order valence-electron chi connectivity index (χ0n) is 14.1. The summed E-state index contributed by atoms with van der Waals surface area (Å²) in [5, 5.41) is 0. The lowest BCUT2D eigenvalue weighted by Crippen LogP contribution is -2.41. The lowest BCUT2D eigenvalue weighted by Gasteiger charge is -2.28. The Bertz CT molecular complexity index is 415. The third-order valence-corrected chi connectivity index (χ3v) is 4.81. The number of nitrogens with zero attached hydrogens (tertiary/aromatic N) is 2. The van der Waals surface area contributed by atoms with Gasteiger partial charge in [-0.05, 0) is 72.8 Å². The van der Waals surface area contributed by atoms with E-state index in [2.05, 4.69) is 34.8 Å². The summed E-state index contributed by atoms with van der Waals surface area (Å²) in [5.41, 5.74) is 2.11. The van der Waals surface area contributed by atoms with Crippen LogP contribution in [0.4, 0.5) is 0 Å². The molecule has 0 aliphatic carbocycles. The molecular weight excluding hydrogens is 282 g/mol. The molecule has 1 rings (SSSR count). The van der Waals surface area contributed by atoms with E-state index in [9.17, 15) is 4.55 Å². The Kier molecular flexibility index (Phi) is 7.13. The third kappa shape index (κ3) is 6.78. The first-order valence-electron chi connectivity index (χ1n) is 7.45. The van der Waals surface area contributed by atoms with Crippen LogP contribution in [-0.2, 0) is 11.4 Å². The molecule has 5 heteroatoms. The van der Waals surface area contributed by atoms with Gasteiger partial charge in [0.2, 0.25) is 0 Å². The molecule has 21 heavy (non-hydrogen) atoms. The smallest absolute Gasteiger partial charge is 0.136 e. The maximum absolute atomic E-state index is 12.4. The lowest BCUT2D eigenvalue weighted by molar-refractivity contribution is 0.379. The molecule has 0 fully saturated rings. The van der Waals surface area contributed by atoms with Crippen LogP contribution in [0.25, 0.3) is 0 Å². The van der Waals surface area contributed by atoms with Crippen LogP contribution in [-0.4, -0.2) is 39.8 Å². The first-order valence-corrected chi connectivity index (χ1v) is 8.60. The van der Waals surface area contributed by atoms with Gasteiger partial charge in [-0.1, -0.05) is 6.07 Å². The zero-order valence-corrected chi connectivity index (χ0v) is 15.0. The van der Waals surface area contributed by atoms with Gasteiger partial charge in [-0.3, -0.25) is 4.98 Å². The standard InChI is InChI=1S/C16H29N3OS/c1-13-9-10-14(17-12-13)15(8-7-11-19(5)6)18-21(20)16(2,3)4/h9-10,12,15,18H,7-8,11H2,1-6H3/t15?,21-/m0/s1. The molecule has 0 aliphatic rings. The highest BCUT2D eigenvalue weighted by molar-refractivity contribution is 7.90. The normalized spacial score (nSPS) is 15.2. The van der Waals surface area contributed by atoms with E-state index in [4.69, 9.17) is 0 Å². The summed E-state index contributed by atoms with van der Waals surface area (Å²) >= 11 is -1.09. The lowest BCUT2D eigenvalue weighted by atomic mass is 10.1. The van der Waals surface area contributed by atoms with Crippen LogP contribution in [0.1, 0.15) is 50.9 Å². The summed E-state index contributed by atoms with van der Waals surface area (Å²) in [6.07, 6.45) is 3.84. The van der Waals surface area contributed by atoms with Crippen molar-refractivity contribution in [1.82, 2.24) is 14.6 Å².